The molecule has 0 amide bonds. The Hall–Kier alpha value is -2.53. The molecule has 0 heterocycles. The van der Waals surface area contributed by atoms with Crippen LogP contribution in [0.4, 0.5) is 13.2 Å². The van der Waals surface area contributed by atoms with Gasteiger partial charge in [-0.2, -0.15) is 14.0 Å². The van der Waals surface area contributed by atoms with E-state index in [4.69, 9.17) is 10.00 Å². The third kappa shape index (κ3) is 3.36. The number of hydrogen-bond donors (Lipinski definition) is 0. The van der Waals surface area contributed by atoms with Crippen molar-refractivity contribution < 1.29 is 26.3 Å². The molecular weight excluding hydrogens is 343 g/mol. The number of nitrogens with zero attached hydrogens (tertiary/aromatic N) is 1. The minimum Gasteiger partial charge on any atom is -0.457 e. The molecule has 0 fully saturated rings. The van der Waals surface area contributed by atoms with Crippen LogP contribution in [0.15, 0.2) is 35.2 Å². The van der Waals surface area contributed by atoms with E-state index < -0.39 is 31.9 Å². The van der Waals surface area contributed by atoms with Crippen LogP contribution in [0.25, 0.3) is 0 Å². The molecule has 2 rings (SSSR count). The van der Waals surface area contributed by atoms with Crippen molar-refractivity contribution in [3.8, 4) is 17.6 Å². The number of hydrogen-bond acceptors (Lipinski definition) is 4. The number of ether oxygens (including phenoxy) is 1. The van der Waals surface area contributed by atoms with Gasteiger partial charge < -0.3 is 4.74 Å². The Kier molecular flexibility index (Phi) is 4.85. The fourth-order valence-electron chi connectivity index (χ4n) is 2.14. The van der Waals surface area contributed by atoms with Crippen molar-refractivity contribution in [3.05, 3.63) is 52.8 Å². The van der Waals surface area contributed by atoms with Crippen LogP contribution in [-0.2, 0) is 9.84 Å². The molecule has 24 heavy (non-hydrogen) atoms. The highest BCUT2D eigenvalue weighted by Crippen LogP contribution is 2.33. The number of alkyl halides is 2. The Morgan fingerprint density at radius 2 is 1.83 bits per heavy atom. The summed E-state index contributed by atoms with van der Waals surface area (Å²) in [5.74, 6) is -3.95. The molecule has 0 aliphatic heterocycles. The highest BCUT2D eigenvalue weighted by molar-refractivity contribution is 7.91. The zero-order chi connectivity index (χ0) is 18.1. The second-order valence-corrected chi connectivity index (χ2v) is 6.93. The zero-order valence-electron chi connectivity index (χ0n) is 12.7. The molecule has 0 saturated carbocycles. The summed E-state index contributed by atoms with van der Waals surface area (Å²) in [6.45, 7) is 3.02. The average molecular weight is 355 g/mol. The third-order valence-corrected chi connectivity index (χ3v) is 4.70. The lowest BCUT2D eigenvalue weighted by Gasteiger charge is -2.13. The van der Waals surface area contributed by atoms with Crippen molar-refractivity contribution in [2.75, 3.05) is 0 Å². The molecule has 0 saturated heterocycles. The first-order valence-corrected chi connectivity index (χ1v) is 8.22. The van der Waals surface area contributed by atoms with Crippen molar-refractivity contribution in [3.63, 3.8) is 0 Å². The molecule has 8 heteroatoms. The van der Waals surface area contributed by atoms with E-state index >= 15 is 0 Å². The van der Waals surface area contributed by atoms with Crippen molar-refractivity contribution in [2.24, 2.45) is 0 Å². The van der Waals surface area contributed by atoms with Gasteiger partial charge in [0.15, 0.2) is 0 Å². The van der Waals surface area contributed by atoms with Crippen LogP contribution in [0.1, 0.15) is 16.7 Å². The fourth-order valence-corrected chi connectivity index (χ4v) is 3.07. The largest absolute Gasteiger partial charge is 0.457 e. The first kappa shape index (κ1) is 17.8. The maximum Gasteiger partial charge on any atom is 0.341 e. The van der Waals surface area contributed by atoms with Gasteiger partial charge in [0.1, 0.15) is 23.4 Å². The molecule has 0 aromatic heterocycles. The second kappa shape index (κ2) is 6.53. The minimum absolute atomic E-state index is 0.0705. The third-order valence-electron chi connectivity index (χ3n) is 3.27. The highest BCUT2D eigenvalue weighted by Gasteiger charge is 2.30. The minimum atomic E-state index is -4.92. The summed E-state index contributed by atoms with van der Waals surface area (Å²) < 4.78 is 67.5. The maximum atomic E-state index is 13.4. The van der Waals surface area contributed by atoms with E-state index in [0.717, 1.165) is 18.2 Å². The summed E-state index contributed by atoms with van der Waals surface area (Å²) in [4.78, 5) is -0.764. The molecule has 0 bridgehead atoms. The second-order valence-electron chi connectivity index (χ2n) is 5.05. The lowest BCUT2D eigenvalue weighted by atomic mass is 10.1. The predicted octanol–water partition coefficient (Wildman–Crippen LogP) is 4.10. The van der Waals surface area contributed by atoms with E-state index in [9.17, 15) is 21.6 Å². The van der Waals surface area contributed by atoms with Gasteiger partial charge in [-0.05, 0) is 43.7 Å². The van der Waals surface area contributed by atoms with E-state index in [1.54, 1.807) is 19.1 Å². The monoisotopic (exact) mass is 355 g/mol. The Balaban J connectivity index is 2.54. The lowest BCUT2D eigenvalue weighted by molar-refractivity contribution is 0.234. The summed E-state index contributed by atoms with van der Waals surface area (Å²) in [6, 6.07) is 7.59. The maximum absolute atomic E-state index is 13.4. The number of benzene rings is 2. The van der Waals surface area contributed by atoms with Gasteiger partial charge in [0.2, 0.25) is 9.84 Å². The van der Waals surface area contributed by atoms with Gasteiger partial charge in [0, 0.05) is 11.6 Å². The molecular formula is C16H12F3NO3S. The Bertz CT molecular complexity index is 914. The Labute approximate surface area is 137 Å². The first-order chi connectivity index (χ1) is 11.2. The average Bonchev–Trinajstić information content (AvgIpc) is 2.47. The predicted molar refractivity (Wildman–Crippen MR) is 80.3 cm³/mol. The van der Waals surface area contributed by atoms with Crippen LogP contribution < -0.4 is 4.74 Å². The van der Waals surface area contributed by atoms with E-state index in [1.165, 1.54) is 13.0 Å². The van der Waals surface area contributed by atoms with Gasteiger partial charge >= 0.3 is 5.76 Å². The molecule has 0 unspecified atom stereocenters. The highest BCUT2D eigenvalue weighted by atomic mass is 32.2. The number of rotatable bonds is 4. The van der Waals surface area contributed by atoms with Gasteiger partial charge in [0.05, 0.1) is 10.5 Å². The van der Waals surface area contributed by atoms with Crippen molar-refractivity contribution in [1.29, 1.82) is 5.26 Å². The van der Waals surface area contributed by atoms with E-state index in [1.807, 2.05) is 0 Å². The number of sulfone groups is 1. The molecule has 0 atom stereocenters. The number of halogens is 3. The summed E-state index contributed by atoms with van der Waals surface area (Å²) >= 11 is 0. The Morgan fingerprint density at radius 3 is 2.38 bits per heavy atom. The quantitative estimate of drug-likeness (QED) is 0.828. The van der Waals surface area contributed by atoms with Crippen LogP contribution in [0.5, 0.6) is 11.5 Å². The topological polar surface area (TPSA) is 67.2 Å². The fraction of sp³-hybridized carbons (Fsp3) is 0.188. The van der Waals surface area contributed by atoms with Crippen LogP contribution in [0.2, 0.25) is 0 Å². The van der Waals surface area contributed by atoms with Gasteiger partial charge in [0.25, 0.3) is 0 Å². The normalized spacial score (nSPS) is 11.4. The summed E-state index contributed by atoms with van der Waals surface area (Å²) in [5, 5.41) is 9.15. The van der Waals surface area contributed by atoms with E-state index in [0.29, 0.717) is 5.56 Å². The Morgan fingerprint density at radius 1 is 1.17 bits per heavy atom. The van der Waals surface area contributed by atoms with E-state index in [-0.39, 0.29) is 17.1 Å². The molecule has 4 nitrogen and oxygen atoms in total. The number of nitriles is 1. The van der Waals surface area contributed by atoms with Gasteiger partial charge in [-0.3, -0.25) is 0 Å². The van der Waals surface area contributed by atoms with E-state index in [2.05, 4.69) is 0 Å². The summed E-state index contributed by atoms with van der Waals surface area (Å²) in [7, 11) is -4.92. The molecule has 126 valence electrons. The zero-order valence-corrected chi connectivity index (χ0v) is 13.5. The molecule has 0 N–H and O–H groups in total. The summed E-state index contributed by atoms with van der Waals surface area (Å²) in [5.41, 5.74) is 0.238. The molecule has 2 aromatic rings. The van der Waals surface area contributed by atoms with Crippen molar-refractivity contribution in [2.45, 2.75) is 24.5 Å². The lowest BCUT2D eigenvalue weighted by Crippen LogP contribution is -2.13. The molecule has 0 aliphatic rings. The first-order valence-electron chi connectivity index (χ1n) is 6.67. The molecule has 0 spiro atoms. The number of aryl methyl sites for hydroxylation is 1. The van der Waals surface area contributed by atoms with Crippen LogP contribution in [0.3, 0.4) is 0 Å². The van der Waals surface area contributed by atoms with Crippen molar-refractivity contribution >= 4 is 9.84 Å². The summed E-state index contributed by atoms with van der Waals surface area (Å²) in [6.07, 6.45) is 0. The molecule has 0 aliphatic carbocycles. The van der Waals surface area contributed by atoms with Crippen LogP contribution in [-0.4, -0.2) is 14.2 Å². The molecule has 0 radical (unpaired) electrons. The van der Waals surface area contributed by atoms with Crippen molar-refractivity contribution in [1.82, 2.24) is 0 Å². The van der Waals surface area contributed by atoms with Gasteiger partial charge in [-0.25, -0.2) is 12.8 Å². The molecule has 2 aromatic carbocycles. The van der Waals surface area contributed by atoms with Crippen LogP contribution in [0, 0.1) is 31.0 Å². The van der Waals surface area contributed by atoms with Gasteiger partial charge in [-0.1, -0.05) is 0 Å². The van der Waals surface area contributed by atoms with Gasteiger partial charge in [-0.15, -0.1) is 0 Å². The SMILES string of the molecule is Cc1cc(F)cc(Oc2ccc(S(=O)(=O)C(F)F)c(C#N)c2C)c1. The smallest absolute Gasteiger partial charge is 0.341 e. The standard InChI is InChI=1S/C16H12F3NO3S/c1-9-5-11(17)7-12(6-9)23-14-3-4-15(13(8-20)10(14)2)24(21,22)16(18)19/h3-7,16H,1-2H3. The van der Waals surface area contributed by atoms with Crippen LogP contribution >= 0.6 is 0 Å².